The van der Waals surface area contributed by atoms with Gasteiger partial charge in [-0.3, -0.25) is 4.79 Å². The molecule has 0 aliphatic carbocycles. The second-order valence-corrected chi connectivity index (χ2v) is 4.54. The predicted molar refractivity (Wildman–Crippen MR) is 72.4 cm³/mol. The maximum Gasteiger partial charge on any atom is 0.416 e. The fourth-order valence-corrected chi connectivity index (χ4v) is 1.85. The van der Waals surface area contributed by atoms with Crippen molar-refractivity contribution in [3.8, 4) is 11.3 Å². The van der Waals surface area contributed by atoms with Gasteiger partial charge in [0.1, 0.15) is 11.5 Å². The van der Waals surface area contributed by atoms with E-state index in [9.17, 15) is 18.0 Å². The number of amides is 1. The molecule has 1 amide bonds. The molecule has 2 N–H and O–H groups in total. The Bertz CT molecular complexity index is 704. The fraction of sp³-hybridized carbons (Fsp3) is 0.0714. The average Bonchev–Trinajstić information content (AvgIpc) is 2.84. The maximum atomic E-state index is 12.7. The summed E-state index contributed by atoms with van der Waals surface area (Å²) in [6.07, 6.45) is -2.08. The van der Waals surface area contributed by atoms with Gasteiger partial charge < -0.3 is 10.2 Å². The van der Waals surface area contributed by atoms with Gasteiger partial charge in [0.15, 0.2) is 0 Å². The van der Waals surface area contributed by atoms with Crippen LogP contribution in [0.4, 0.5) is 13.2 Å². The topological polar surface area (TPSA) is 56.2 Å². The number of hydrogen-bond acceptors (Lipinski definition) is 2. The number of carbonyl (C=O) groups is 1. The molecule has 0 saturated heterocycles. The van der Waals surface area contributed by atoms with Crippen molar-refractivity contribution in [3.63, 3.8) is 0 Å². The van der Waals surface area contributed by atoms with Crippen LogP contribution in [0.25, 0.3) is 17.4 Å². The third-order valence-corrected chi connectivity index (χ3v) is 2.93. The predicted octanol–water partition coefficient (Wildman–Crippen LogP) is 4.12. The highest BCUT2D eigenvalue weighted by atomic mass is 35.5. The van der Waals surface area contributed by atoms with Crippen LogP contribution in [0, 0.1) is 0 Å². The van der Waals surface area contributed by atoms with Crippen molar-refractivity contribution in [2.24, 2.45) is 5.73 Å². The van der Waals surface area contributed by atoms with Gasteiger partial charge >= 0.3 is 6.18 Å². The van der Waals surface area contributed by atoms with Crippen LogP contribution in [0.1, 0.15) is 11.3 Å². The zero-order chi connectivity index (χ0) is 15.6. The molecule has 3 nitrogen and oxygen atoms in total. The Kier molecular flexibility index (Phi) is 4.09. The summed E-state index contributed by atoms with van der Waals surface area (Å²) >= 11 is 5.90. The molecule has 0 spiro atoms. The van der Waals surface area contributed by atoms with Gasteiger partial charge in [-0.05, 0) is 36.4 Å². The molecule has 110 valence electrons. The van der Waals surface area contributed by atoms with E-state index in [0.29, 0.717) is 0 Å². The Morgan fingerprint density at radius 1 is 1.24 bits per heavy atom. The number of primary amides is 1. The SMILES string of the molecule is NC(=O)/C=C/c1ccc(-c2cc(C(F)(F)F)ccc2Cl)o1. The number of benzene rings is 1. The van der Waals surface area contributed by atoms with E-state index < -0.39 is 17.6 Å². The lowest BCUT2D eigenvalue weighted by Gasteiger charge is -2.09. The Morgan fingerprint density at radius 2 is 1.95 bits per heavy atom. The molecule has 2 aromatic rings. The van der Waals surface area contributed by atoms with Crippen LogP contribution in [0.2, 0.25) is 5.02 Å². The number of halogens is 4. The van der Waals surface area contributed by atoms with E-state index in [1.54, 1.807) is 0 Å². The minimum Gasteiger partial charge on any atom is -0.457 e. The average molecular weight is 316 g/mol. The first-order chi connectivity index (χ1) is 9.77. The van der Waals surface area contributed by atoms with E-state index in [0.717, 1.165) is 24.3 Å². The van der Waals surface area contributed by atoms with Crippen molar-refractivity contribution in [2.45, 2.75) is 6.18 Å². The lowest BCUT2D eigenvalue weighted by molar-refractivity contribution is -0.137. The van der Waals surface area contributed by atoms with E-state index >= 15 is 0 Å². The minimum absolute atomic E-state index is 0.116. The van der Waals surface area contributed by atoms with Gasteiger partial charge in [0, 0.05) is 11.6 Å². The summed E-state index contributed by atoms with van der Waals surface area (Å²) in [6.45, 7) is 0. The molecule has 1 aromatic heterocycles. The number of furan rings is 1. The van der Waals surface area contributed by atoms with Crippen molar-refractivity contribution >= 4 is 23.6 Å². The number of alkyl halides is 3. The minimum atomic E-state index is -4.47. The molecule has 0 aliphatic heterocycles. The first-order valence-electron chi connectivity index (χ1n) is 5.72. The molecule has 0 fully saturated rings. The van der Waals surface area contributed by atoms with E-state index in [1.165, 1.54) is 18.2 Å². The molecule has 1 aromatic carbocycles. The molecule has 21 heavy (non-hydrogen) atoms. The highest BCUT2D eigenvalue weighted by Gasteiger charge is 2.31. The molecule has 0 saturated carbocycles. The molecule has 2 rings (SSSR count). The maximum absolute atomic E-state index is 12.7. The first kappa shape index (κ1) is 15.2. The fourth-order valence-electron chi connectivity index (χ4n) is 1.64. The van der Waals surface area contributed by atoms with E-state index in [-0.39, 0.29) is 22.1 Å². The van der Waals surface area contributed by atoms with Gasteiger partial charge in [-0.1, -0.05) is 11.6 Å². The molecular weight excluding hydrogens is 307 g/mol. The molecule has 7 heteroatoms. The zero-order valence-corrected chi connectivity index (χ0v) is 11.2. The lowest BCUT2D eigenvalue weighted by atomic mass is 10.1. The third kappa shape index (κ3) is 3.66. The molecule has 1 heterocycles. The van der Waals surface area contributed by atoms with Crippen LogP contribution >= 0.6 is 11.6 Å². The molecular formula is C14H9ClF3NO2. The van der Waals surface area contributed by atoms with E-state index in [1.807, 2.05) is 0 Å². The number of rotatable bonds is 3. The molecule has 0 atom stereocenters. The van der Waals surface area contributed by atoms with Crippen molar-refractivity contribution in [1.82, 2.24) is 0 Å². The van der Waals surface area contributed by atoms with Crippen LogP contribution in [0.5, 0.6) is 0 Å². The number of carbonyl (C=O) groups excluding carboxylic acids is 1. The van der Waals surface area contributed by atoms with Crippen molar-refractivity contribution in [2.75, 3.05) is 0 Å². The molecule has 0 unspecified atom stereocenters. The second-order valence-electron chi connectivity index (χ2n) is 4.13. The Balaban J connectivity index is 2.40. The molecule has 0 bridgehead atoms. The Hall–Kier alpha value is -2.21. The number of nitrogens with two attached hydrogens (primary N) is 1. The highest BCUT2D eigenvalue weighted by molar-refractivity contribution is 6.33. The molecule has 0 radical (unpaired) electrons. The molecule has 0 aliphatic rings. The summed E-state index contributed by atoms with van der Waals surface area (Å²) in [6, 6.07) is 5.90. The Labute approximate surface area is 122 Å². The van der Waals surface area contributed by atoms with Gasteiger partial charge in [-0.25, -0.2) is 0 Å². The Morgan fingerprint density at radius 3 is 2.57 bits per heavy atom. The van der Waals surface area contributed by atoms with Crippen molar-refractivity contribution < 1.29 is 22.4 Å². The van der Waals surface area contributed by atoms with Crippen LogP contribution in [0.3, 0.4) is 0 Å². The first-order valence-corrected chi connectivity index (χ1v) is 6.09. The van der Waals surface area contributed by atoms with Crippen LogP contribution in [0.15, 0.2) is 40.8 Å². The van der Waals surface area contributed by atoms with Gasteiger partial charge in [-0.15, -0.1) is 0 Å². The van der Waals surface area contributed by atoms with Crippen LogP contribution in [-0.2, 0) is 11.0 Å². The van der Waals surface area contributed by atoms with Crippen molar-refractivity contribution in [1.29, 1.82) is 0 Å². The zero-order valence-electron chi connectivity index (χ0n) is 10.4. The summed E-state index contributed by atoms with van der Waals surface area (Å²) in [7, 11) is 0. The summed E-state index contributed by atoms with van der Waals surface area (Å²) in [4.78, 5) is 10.6. The smallest absolute Gasteiger partial charge is 0.416 e. The van der Waals surface area contributed by atoms with Crippen molar-refractivity contribution in [3.05, 3.63) is 52.8 Å². The summed E-state index contributed by atoms with van der Waals surface area (Å²) in [5.74, 6) is -0.224. The standard InChI is InChI=1S/C14H9ClF3NO2/c15-11-4-1-8(14(16,17)18)7-10(11)12-5-2-9(21-12)3-6-13(19)20/h1-7H,(H2,19,20)/b6-3+. The number of hydrogen-bond donors (Lipinski definition) is 1. The van der Waals surface area contributed by atoms with Crippen LogP contribution in [-0.4, -0.2) is 5.91 Å². The monoisotopic (exact) mass is 315 g/mol. The normalized spacial score (nSPS) is 12.0. The van der Waals surface area contributed by atoms with E-state index in [2.05, 4.69) is 0 Å². The van der Waals surface area contributed by atoms with E-state index in [4.69, 9.17) is 21.8 Å². The quantitative estimate of drug-likeness (QED) is 0.866. The highest BCUT2D eigenvalue weighted by Crippen LogP contribution is 2.36. The lowest BCUT2D eigenvalue weighted by Crippen LogP contribution is -2.05. The van der Waals surface area contributed by atoms with Gasteiger partial charge in [0.05, 0.1) is 10.6 Å². The summed E-state index contributed by atoms with van der Waals surface area (Å²) in [5.41, 5.74) is 4.23. The van der Waals surface area contributed by atoms with Gasteiger partial charge in [0.25, 0.3) is 0 Å². The second kappa shape index (κ2) is 5.65. The largest absolute Gasteiger partial charge is 0.457 e. The van der Waals surface area contributed by atoms with Gasteiger partial charge in [0.2, 0.25) is 5.91 Å². The third-order valence-electron chi connectivity index (χ3n) is 2.60. The summed E-state index contributed by atoms with van der Waals surface area (Å²) in [5, 5.41) is 0.128. The summed E-state index contributed by atoms with van der Waals surface area (Å²) < 4.78 is 43.4. The van der Waals surface area contributed by atoms with Crippen LogP contribution < -0.4 is 5.73 Å². The van der Waals surface area contributed by atoms with Gasteiger partial charge in [-0.2, -0.15) is 13.2 Å².